The maximum atomic E-state index is 11.8. The molecule has 0 aliphatic rings. The summed E-state index contributed by atoms with van der Waals surface area (Å²) in [5, 5.41) is 0. The van der Waals surface area contributed by atoms with Gasteiger partial charge in [-0.1, -0.05) is 19.1 Å². The number of carbonyl (C=O) groups is 1. The highest BCUT2D eigenvalue weighted by Gasteiger charge is 2.16. The molecule has 0 aliphatic carbocycles. The van der Waals surface area contributed by atoms with Gasteiger partial charge >= 0.3 is 5.97 Å². The molecule has 0 saturated heterocycles. The van der Waals surface area contributed by atoms with Crippen molar-refractivity contribution in [1.82, 2.24) is 9.55 Å². The third-order valence-corrected chi connectivity index (χ3v) is 3.03. The van der Waals surface area contributed by atoms with Crippen LogP contribution in [0.5, 0.6) is 0 Å². The first kappa shape index (κ1) is 13.1. The van der Waals surface area contributed by atoms with Gasteiger partial charge in [0, 0.05) is 31.0 Å². The molecule has 0 spiro atoms. The Morgan fingerprint density at radius 3 is 2.95 bits per heavy atom. The number of nitrogen functional groups attached to an aromatic ring is 1. The van der Waals surface area contributed by atoms with Crippen molar-refractivity contribution in [3.63, 3.8) is 0 Å². The molecule has 0 bridgehead atoms. The molecule has 1 aromatic carbocycles. The second kappa shape index (κ2) is 5.56. The highest BCUT2D eigenvalue weighted by molar-refractivity contribution is 5.96. The van der Waals surface area contributed by atoms with Crippen LogP contribution in [0.1, 0.15) is 28.7 Å². The normalized spacial score (nSPS) is 10.4. The number of rotatable bonds is 4. The van der Waals surface area contributed by atoms with E-state index < -0.39 is 5.97 Å². The molecule has 0 aliphatic heterocycles. The average Bonchev–Trinajstić information content (AvgIpc) is 2.85. The fourth-order valence-electron chi connectivity index (χ4n) is 2.08. The van der Waals surface area contributed by atoms with E-state index >= 15 is 0 Å². The van der Waals surface area contributed by atoms with Crippen molar-refractivity contribution in [2.24, 2.45) is 0 Å². The van der Waals surface area contributed by atoms with E-state index in [4.69, 9.17) is 10.5 Å². The largest absolute Gasteiger partial charge is 0.465 e. The molecule has 0 amide bonds. The summed E-state index contributed by atoms with van der Waals surface area (Å²) in [6.07, 6.45) is 4.48. The minimum Gasteiger partial charge on any atom is -0.465 e. The van der Waals surface area contributed by atoms with Crippen molar-refractivity contribution in [3.05, 3.63) is 47.5 Å². The molecule has 2 N–H and O–H groups in total. The molecule has 100 valence electrons. The standard InChI is InChI=1S/C14H17N3O2/c1-3-12-16-7-8-17(12)9-10-5-4-6-11(15)13(10)14(18)19-2/h4-8H,3,9,15H2,1-2H3. The molecule has 0 saturated carbocycles. The van der Waals surface area contributed by atoms with Crippen LogP contribution in [0, 0.1) is 0 Å². The summed E-state index contributed by atoms with van der Waals surface area (Å²) in [6.45, 7) is 2.60. The van der Waals surface area contributed by atoms with Gasteiger partial charge < -0.3 is 15.0 Å². The lowest BCUT2D eigenvalue weighted by atomic mass is 10.1. The Labute approximate surface area is 112 Å². The van der Waals surface area contributed by atoms with Crippen molar-refractivity contribution in [2.45, 2.75) is 19.9 Å². The van der Waals surface area contributed by atoms with Gasteiger partial charge in [-0.15, -0.1) is 0 Å². The number of benzene rings is 1. The number of hydrogen-bond acceptors (Lipinski definition) is 4. The van der Waals surface area contributed by atoms with Gasteiger partial charge in [-0.3, -0.25) is 0 Å². The van der Waals surface area contributed by atoms with Gasteiger partial charge in [0.25, 0.3) is 0 Å². The van der Waals surface area contributed by atoms with Crippen LogP contribution in [0.3, 0.4) is 0 Å². The highest BCUT2D eigenvalue weighted by Crippen LogP contribution is 2.19. The smallest absolute Gasteiger partial charge is 0.340 e. The fourth-order valence-corrected chi connectivity index (χ4v) is 2.08. The summed E-state index contributed by atoms with van der Waals surface area (Å²) in [5.41, 5.74) is 7.57. The number of anilines is 1. The van der Waals surface area contributed by atoms with Crippen molar-refractivity contribution in [1.29, 1.82) is 0 Å². The summed E-state index contributed by atoms with van der Waals surface area (Å²) in [6, 6.07) is 5.41. The number of nitrogens with two attached hydrogens (primary N) is 1. The predicted molar refractivity (Wildman–Crippen MR) is 72.9 cm³/mol. The lowest BCUT2D eigenvalue weighted by Crippen LogP contribution is -2.12. The highest BCUT2D eigenvalue weighted by atomic mass is 16.5. The van der Waals surface area contributed by atoms with Crippen LogP contribution in [0.2, 0.25) is 0 Å². The van der Waals surface area contributed by atoms with E-state index in [9.17, 15) is 4.79 Å². The van der Waals surface area contributed by atoms with Gasteiger partial charge in [0.1, 0.15) is 5.82 Å². The van der Waals surface area contributed by atoms with Crippen molar-refractivity contribution < 1.29 is 9.53 Å². The zero-order chi connectivity index (χ0) is 13.8. The fraction of sp³-hybridized carbons (Fsp3) is 0.286. The van der Waals surface area contributed by atoms with E-state index in [0.29, 0.717) is 17.8 Å². The molecule has 2 rings (SSSR count). The molecule has 0 radical (unpaired) electrons. The topological polar surface area (TPSA) is 70.1 Å². The van der Waals surface area contributed by atoms with Gasteiger partial charge in [0.05, 0.1) is 12.7 Å². The number of methoxy groups -OCH3 is 1. The van der Waals surface area contributed by atoms with E-state index in [1.165, 1.54) is 7.11 Å². The lowest BCUT2D eigenvalue weighted by molar-refractivity contribution is 0.0600. The molecule has 1 aromatic heterocycles. The number of nitrogens with zero attached hydrogens (tertiary/aromatic N) is 2. The molecule has 0 unspecified atom stereocenters. The molecular weight excluding hydrogens is 242 g/mol. The number of aromatic nitrogens is 2. The number of esters is 1. The monoisotopic (exact) mass is 259 g/mol. The van der Waals surface area contributed by atoms with Crippen molar-refractivity contribution >= 4 is 11.7 Å². The number of imidazole rings is 1. The molecule has 19 heavy (non-hydrogen) atoms. The van der Waals surface area contributed by atoms with Crippen molar-refractivity contribution in [2.75, 3.05) is 12.8 Å². The van der Waals surface area contributed by atoms with Crippen LogP contribution in [-0.4, -0.2) is 22.6 Å². The number of carbonyl (C=O) groups excluding carboxylic acids is 1. The molecule has 5 nitrogen and oxygen atoms in total. The zero-order valence-electron chi connectivity index (χ0n) is 11.1. The third kappa shape index (κ3) is 2.59. The van der Waals surface area contributed by atoms with Gasteiger partial charge in [0.15, 0.2) is 0 Å². The second-order valence-corrected chi connectivity index (χ2v) is 4.20. The van der Waals surface area contributed by atoms with E-state index in [1.807, 2.05) is 29.8 Å². The minimum absolute atomic E-state index is 0.411. The molecule has 2 aromatic rings. The van der Waals surface area contributed by atoms with Crippen LogP contribution >= 0.6 is 0 Å². The van der Waals surface area contributed by atoms with Crippen LogP contribution in [0.15, 0.2) is 30.6 Å². The molecule has 1 heterocycles. The maximum absolute atomic E-state index is 11.8. The van der Waals surface area contributed by atoms with E-state index in [-0.39, 0.29) is 0 Å². The van der Waals surface area contributed by atoms with Crippen LogP contribution in [0.25, 0.3) is 0 Å². The first-order valence-electron chi connectivity index (χ1n) is 6.13. The Kier molecular flexibility index (Phi) is 3.85. The summed E-state index contributed by atoms with van der Waals surface area (Å²) in [7, 11) is 1.35. The van der Waals surface area contributed by atoms with Crippen LogP contribution < -0.4 is 5.73 Å². The molecule has 5 heteroatoms. The minimum atomic E-state index is -0.411. The zero-order valence-corrected chi connectivity index (χ0v) is 11.1. The Bertz CT molecular complexity index is 590. The lowest BCUT2D eigenvalue weighted by Gasteiger charge is -2.12. The predicted octanol–water partition coefficient (Wildman–Crippen LogP) is 1.86. The summed E-state index contributed by atoms with van der Waals surface area (Å²) < 4.78 is 6.79. The maximum Gasteiger partial charge on any atom is 0.340 e. The average molecular weight is 259 g/mol. The number of hydrogen-bond donors (Lipinski definition) is 1. The van der Waals surface area contributed by atoms with E-state index in [0.717, 1.165) is 17.8 Å². The van der Waals surface area contributed by atoms with E-state index in [2.05, 4.69) is 4.98 Å². The number of ether oxygens (including phenoxy) is 1. The summed E-state index contributed by atoms with van der Waals surface area (Å²) in [4.78, 5) is 16.1. The first-order valence-corrected chi connectivity index (χ1v) is 6.13. The Hall–Kier alpha value is -2.30. The first-order chi connectivity index (χ1) is 9.17. The summed E-state index contributed by atoms with van der Waals surface area (Å²) >= 11 is 0. The van der Waals surface area contributed by atoms with Gasteiger partial charge in [0.2, 0.25) is 0 Å². The van der Waals surface area contributed by atoms with Crippen molar-refractivity contribution in [3.8, 4) is 0 Å². The van der Waals surface area contributed by atoms with E-state index in [1.54, 1.807) is 12.3 Å². The quantitative estimate of drug-likeness (QED) is 0.672. The SMILES string of the molecule is CCc1nccn1Cc1cccc(N)c1C(=O)OC. The van der Waals surface area contributed by atoms with Gasteiger partial charge in [-0.05, 0) is 11.6 Å². The Balaban J connectivity index is 2.40. The number of aryl methyl sites for hydroxylation is 1. The van der Waals surface area contributed by atoms with Crippen LogP contribution in [0.4, 0.5) is 5.69 Å². The van der Waals surface area contributed by atoms with Gasteiger partial charge in [-0.2, -0.15) is 0 Å². The second-order valence-electron chi connectivity index (χ2n) is 4.20. The molecule has 0 atom stereocenters. The van der Waals surface area contributed by atoms with Crippen LogP contribution in [-0.2, 0) is 17.7 Å². The molecular formula is C14H17N3O2. The molecule has 0 fully saturated rings. The Morgan fingerprint density at radius 2 is 2.26 bits per heavy atom. The van der Waals surface area contributed by atoms with Gasteiger partial charge in [-0.25, -0.2) is 9.78 Å². The third-order valence-electron chi connectivity index (χ3n) is 3.03. The summed E-state index contributed by atoms with van der Waals surface area (Å²) in [5.74, 6) is 0.560. The Morgan fingerprint density at radius 1 is 1.47 bits per heavy atom.